The van der Waals surface area contributed by atoms with Crippen molar-refractivity contribution in [1.29, 1.82) is 0 Å². The minimum absolute atomic E-state index is 0.245. The summed E-state index contributed by atoms with van der Waals surface area (Å²) in [6, 6.07) is 8.98. The van der Waals surface area contributed by atoms with Gasteiger partial charge in [0.15, 0.2) is 0 Å². The lowest BCUT2D eigenvalue weighted by molar-refractivity contribution is 0.489. The Bertz CT molecular complexity index is 337. The molecule has 0 saturated heterocycles. The van der Waals surface area contributed by atoms with Gasteiger partial charge in [0.25, 0.3) is 0 Å². The summed E-state index contributed by atoms with van der Waals surface area (Å²) in [7, 11) is -1.70. The fraction of sp³-hybridized carbons (Fsp3) is 0.538. The largest absolute Gasteiger partial charge is 0.543 e. The van der Waals surface area contributed by atoms with Crippen LogP contribution in [0.25, 0.3) is 0 Å². The first-order valence-corrected chi connectivity index (χ1v) is 8.30. The molecule has 0 saturated carbocycles. The lowest BCUT2D eigenvalue weighted by atomic mass is 10.2. The maximum Gasteiger partial charge on any atom is 0.250 e. The van der Waals surface area contributed by atoms with Gasteiger partial charge in [-0.15, -0.1) is 0 Å². The molecule has 83 valence electrons. The summed E-state index contributed by atoms with van der Waals surface area (Å²) in [6.07, 6.45) is 0. The van der Waals surface area contributed by atoms with Gasteiger partial charge in [0, 0.05) is 0 Å². The van der Waals surface area contributed by atoms with E-state index < -0.39 is 8.32 Å². The predicted octanol–water partition coefficient (Wildman–Crippen LogP) is 4.18. The fourth-order valence-electron chi connectivity index (χ4n) is 1.03. The van der Waals surface area contributed by atoms with Crippen molar-refractivity contribution in [3.63, 3.8) is 0 Å². The zero-order valence-electron chi connectivity index (χ0n) is 10.6. The third-order valence-electron chi connectivity index (χ3n) is 3.20. The topological polar surface area (TPSA) is 9.23 Å². The summed E-state index contributed by atoms with van der Waals surface area (Å²) in [5, 5.41) is 0.245. The van der Waals surface area contributed by atoms with Crippen molar-refractivity contribution in [1.82, 2.24) is 0 Å². The van der Waals surface area contributed by atoms with Crippen LogP contribution in [0.2, 0.25) is 18.1 Å². The van der Waals surface area contributed by atoms with Gasteiger partial charge in [-0.1, -0.05) is 32.9 Å². The number of aryl methyl sites for hydroxylation is 1. The lowest BCUT2D eigenvalue weighted by Crippen LogP contribution is -2.44. The Morgan fingerprint density at radius 1 is 1.27 bits per heavy atom. The van der Waals surface area contributed by atoms with Crippen molar-refractivity contribution in [3.05, 3.63) is 29.8 Å². The molecule has 1 aromatic carbocycles. The summed E-state index contributed by atoms with van der Waals surface area (Å²) in [5.41, 5.74) is 1.19. The SMILES string of the molecule is Cc1cc[c]cc1O[Si](C)(C)C(C)(C)C. The number of benzene rings is 1. The molecule has 15 heavy (non-hydrogen) atoms. The smallest absolute Gasteiger partial charge is 0.250 e. The first kappa shape index (κ1) is 12.3. The van der Waals surface area contributed by atoms with E-state index in [-0.39, 0.29) is 5.04 Å². The Balaban J connectivity index is 2.92. The molecular formula is C13H21OSi. The molecule has 0 aliphatic carbocycles. The first-order chi connectivity index (χ1) is 6.74. The molecule has 1 aromatic rings. The van der Waals surface area contributed by atoms with Crippen molar-refractivity contribution < 1.29 is 4.43 Å². The maximum absolute atomic E-state index is 6.20. The summed E-state index contributed by atoms with van der Waals surface area (Å²) >= 11 is 0. The number of hydrogen-bond acceptors (Lipinski definition) is 1. The molecule has 0 fully saturated rings. The van der Waals surface area contributed by atoms with Crippen LogP contribution in [0.15, 0.2) is 18.2 Å². The maximum atomic E-state index is 6.20. The second-order valence-electron chi connectivity index (χ2n) is 5.55. The molecule has 1 radical (unpaired) electrons. The monoisotopic (exact) mass is 221 g/mol. The van der Waals surface area contributed by atoms with Crippen LogP contribution in [0.5, 0.6) is 5.75 Å². The average molecular weight is 221 g/mol. The Morgan fingerprint density at radius 3 is 2.33 bits per heavy atom. The highest BCUT2D eigenvalue weighted by molar-refractivity contribution is 6.74. The van der Waals surface area contributed by atoms with Crippen LogP contribution < -0.4 is 4.43 Å². The molecule has 0 spiro atoms. The van der Waals surface area contributed by atoms with E-state index in [1.807, 2.05) is 18.2 Å². The van der Waals surface area contributed by atoms with Crippen LogP contribution in [-0.2, 0) is 0 Å². The van der Waals surface area contributed by atoms with Crippen molar-refractivity contribution in [2.75, 3.05) is 0 Å². The highest BCUT2D eigenvalue weighted by Gasteiger charge is 2.39. The second kappa shape index (κ2) is 4.01. The minimum Gasteiger partial charge on any atom is -0.543 e. The molecule has 1 rings (SSSR count). The molecule has 1 nitrogen and oxygen atoms in total. The van der Waals surface area contributed by atoms with Gasteiger partial charge in [0.2, 0.25) is 8.32 Å². The highest BCUT2D eigenvalue weighted by atomic mass is 28.4. The molecule has 0 unspecified atom stereocenters. The van der Waals surface area contributed by atoms with E-state index in [4.69, 9.17) is 4.43 Å². The van der Waals surface area contributed by atoms with Gasteiger partial charge >= 0.3 is 0 Å². The van der Waals surface area contributed by atoms with Crippen LogP contribution in [0.3, 0.4) is 0 Å². The van der Waals surface area contributed by atoms with Gasteiger partial charge in [-0.2, -0.15) is 0 Å². The first-order valence-electron chi connectivity index (χ1n) is 5.40. The molecule has 0 amide bonds. The molecule has 2 heteroatoms. The van der Waals surface area contributed by atoms with Gasteiger partial charge in [-0.05, 0) is 42.8 Å². The van der Waals surface area contributed by atoms with Gasteiger partial charge in [-0.25, -0.2) is 0 Å². The molecule has 0 bridgehead atoms. The van der Waals surface area contributed by atoms with E-state index in [0.29, 0.717) is 0 Å². The molecule has 0 aliphatic rings. The Labute approximate surface area is 94.6 Å². The van der Waals surface area contributed by atoms with Crippen LogP contribution in [-0.4, -0.2) is 8.32 Å². The average Bonchev–Trinajstić information content (AvgIpc) is 2.06. The van der Waals surface area contributed by atoms with Crippen molar-refractivity contribution in [2.24, 2.45) is 0 Å². The van der Waals surface area contributed by atoms with Crippen LogP contribution in [0.4, 0.5) is 0 Å². The second-order valence-corrected chi connectivity index (χ2v) is 10.3. The fourth-order valence-corrected chi connectivity index (χ4v) is 2.11. The van der Waals surface area contributed by atoms with Crippen molar-refractivity contribution in [3.8, 4) is 5.75 Å². The van der Waals surface area contributed by atoms with Gasteiger partial charge < -0.3 is 4.43 Å². The standard InChI is InChI=1S/C13H21OSi/c1-11-9-7-8-10-12(11)14-15(5,6)13(2,3)4/h7,9-10H,1-6H3. The van der Waals surface area contributed by atoms with E-state index in [1.165, 1.54) is 5.56 Å². The quantitative estimate of drug-likeness (QED) is 0.681. The Morgan fingerprint density at radius 2 is 1.87 bits per heavy atom. The van der Waals surface area contributed by atoms with Crippen molar-refractivity contribution >= 4 is 8.32 Å². The molecule has 0 aliphatic heterocycles. The Kier molecular flexibility index (Phi) is 3.29. The van der Waals surface area contributed by atoms with Gasteiger partial charge in [0.05, 0.1) is 0 Å². The summed E-state index contributed by atoms with van der Waals surface area (Å²) in [4.78, 5) is 0. The van der Waals surface area contributed by atoms with E-state index in [2.05, 4.69) is 46.9 Å². The molecule has 0 heterocycles. The predicted molar refractivity (Wildman–Crippen MR) is 67.8 cm³/mol. The van der Waals surface area contributed by atoms with Gasteiger partial charge in [-0.3, -0.25) is 0 Å². The Hall–Kier alpha value is -0.763. The minimum atomic E-state index is -1.70. The third kappa shape index (κ3) is 2.85. The van der Waals surface area contributed by atoms with Crippen LogP contribution in [0.1, 0.15) is 26.3 Å². The van der Waals surface area contributed by atoms with Crippen molar-refractivity contribution in [2.45, 2.75) is 45.8 Å². The number of hydrogen-bond donors (Lipinski definition) is 0. The lowest BCUT2D eigenvalue weighted by Gasteiger charge is -2.36. The summed E-state index contributed by atoms with van der Waals surface area (Å²) < 4.78 is 6.20. The van der Waals surface area contributed by atoms with E-state index in [1.54, 1.807) is 0 Å². The normalized spacial score (nSPS) is 12.7. The molecule has 0 N–H and O–H groups in total. The zero-order chi connectivity index (χ0) is 11.7. The summed E-state index contributed by atoms with van der Waals surface area (Å²) in [5.74, 6) is 0.990. The van der Waals surface area contributed by atoms with E-state index in [0.717, 1.165) is 5.75 Å². The van der Waals surface area contributed by atoms with Crippen LogP contribution >= 0.6 is 0 Å². The van der Waals surface area contributed by atoms with Gasteiger partial charge in [0.1, 0.15) is 5.75 Å². The molecule has 0 atom stereocenters. The van der Waals surface area contributed by atoms with Crippen LogP contribution in [0, 0.1) is 13.0 Å². The van der Waals surface area contributed by atoms with E-state index >= 15 is 0 Å². The summed E-state index contributed by atoms with van der Waals surface area (Å²) in [6.45, 7) is 13.4. The highest BCUT2D eigenvalue weighted by Crippen LogP contribution is 2.37. The zero-order valence-corrected chi connectivity index (χ0v) is 11.6. The number of rotatable bonds is 2. The molecular weight excluding hydrogens is 200 g/mol. The van der Waals surface area contributed by atoms with E-state index in [9.17, 15) is 0 Å². The third-order valence-corrected chi connectivity index (χ3v) is 7.55. The molecule has 0 aromatic heterocycles.